The first-order valence-corrected chi connectivity index (χ1v) is 8.45. The number of benzene rings is 2. The summed E-state index contributed by atoms with van der Waals surface area (Å²) in [4.78, 5) is 16.5. The molecule has 0 aliphatic heterocycles. The number of carbonyl (C=O) groups is 1. The zero-order valence-corrected chi connectivity index (χ0v) is 14.8. The third-order valence-corrected chi connectivity index (χ3v) is 4.33. The second-order valence-corrected chi connectivity index (χ2v) is 6.27. The highest BCUT2D eigenvalue weighted by Crippen LogP contribution is 2.18. The third-order valence-electron chi connectivity index (χ3n) is 3.43. The Kier molecular flexibility index (Phi) is 5.24. The summed E-state index contributed by atoms with van der Waals surface area (Å²) in [7, 11) is 0. The molecule has 0 aliphatic carbocycles. The van der Waals surface area contributed by atoms with Crippen molar-refractivity contribution in [2.75, 3.05) is 6.54 Å². The highest BCUT2D eigenvalue weighted by atomic mass is 127. The van der Waals surface area contributed by atoms with E-state index in [1.165, 1.54) is 6.07 Å². The van der Waals surface area contributed by atoms with E-state index in [0.29, 0.717) is 22.4 Å². The maximum absolute atomic E-state index is 13.7. The topological polar surface area (TPSA) is 55.1 Å². The molecule has 0 fully saturated rings. The fourth-order valence-corrected chi connectivity index (χ4v) is 2.95. The van der Waals surface area contributed by atoms with Gasteiger partial charge in [0.25, 0.3) is 5.91 Å². The van der Waals surface area contributed by atoms with Crippen LogP contribution in [0.3, 0.4) is 0 Å². The van der Waals surface area contributed by atoms with Gasteiger partial charge in [-0.05, 0) is 46.9 Å². The van der Waals surface area contributed by atoms with E-state index in [2.05, 4.69) is 10.3 Å². The smallest absolute Gasteiger partial charge is 0.255 e. The monoisotopic (exact) mass is 436 g/mol. The van der Waals surface area contributed by atoms with Gasteiger partial charge in [-0.1, -0.05) is 24.3 Å². The van der Waals surface area contributed by atoms with Crippen molar-refractivity contribution in [3.05, 3.63) is 75.4 Å². The van der Waals surface area contributed by atoms with Crippen molar-refractivity contribution < 1.29 is 13.6 Å². The van der Waals surface area contributed by atoms with Crippen molar-refractivity contribution in [2.24, 2.45) is 0 Å². The fourth-order valence-electron chi connectivity index (χ4n) is 2.24. The van der Waals surface area contributed by atoms with Crippen LogP contribution in [0.25, 0.3) is 11.5 Å². The molecule has 6 heteroatoms. The Morgan fingerprint density at radius 1 is 1.17 bits per heavy atom. The summed E-state index contributed by atoms with van der Waals surface area (Å²) in [5.41, 5.74) is 1.70. The first-order valence-electron chi connectivity index (χ1n) is 7.37. The van der Waals surface area contributed by atoms with Gasteiger partial charge in [0.05, 0.1) is 11.3 Å². The number of nitrogens with one attached hydrogen (secondary N) is 1. The van der Waals surface area contributed by atoms with E-state index in [1.54, 1.807) is 18.4 Å². The maximum atomic E-state index is 13.7. The molecule has 0 unspecified atom stereocenters. The number of hydrogen-bond donors (Lipinski definition) is 1. The van der Waals surface area contributed by atoms with Crippen molar-refractivity contribution in [1.82, 2.24) is 10.3 Å². The second-order valence-electron chi connectivity index (χ2n) is 5.11. The van der Waals surface area contributed by atoms with Crippen molar-refractivity contribution in [1.29, 1.82) is 0 Å². The molecule has 2 aromatic carbocycles. The lowest BCUT2D eigenvalue weighted by molar-refractivity contribution is 0.0949. The van der Waals surface area contributed by atoms with Gasteiger partial charge >= 0.3 is 0 Å². The van der Waals surface area contributed by atoms with Crippen LogP contribution in [0.15, 0.2) is 59.2 Å². The van der Waals surface area contributed by atoms with Crippen molar-refractivity contribution in [2.45, 2.75) is 6.42 Å². The molecule has 0 atom stereocenters. The predicted molar refractivity (Wildman–Crippen MR) is 97.1 cm³/mol. The van der Waals surface area contributed by atoms with E-state index in [0.717, 1.165) is 11.3 Å². The molecule has 0 bridgehead atoms. The van der Waals surface area contributed by atoms with E-state index in [9.17, 15) is 9.18 Å². The molecule has 0 saturated carbocycles. The molecule has 0 spiro atoms. The van der Waals surface area contributed by atoms with Crippen LogP contribution < -0.4 is 5.32 Å². The fraction of sp³-hybridized carbons (Fsp3) is 0.111. The van der Waals surface area contributed by atoms with Gasteiger partial charge in [-0.2, -0.15) is 0 Å². The summed E-state index contributed by atoms with van der Waals surface area (Å²) < 4.78 is 19.8. The molecule has 1 N–H and O–H groups in total. The lowest BCUT2D eigenvalue weighted by Crippen LogP contribution is -2.27. The number of halogens is 2. The molecular formula is C18H14FIN2O2. The van der Waals surface area contributed by atoms with E-state index in [-0.39, 0.29) is 5.56 Å². The van der Waals surface area contributed by atoms with Gasteiger partial charge in [-0.25, -0.2) is 9.37 Å². The Morgan fingerprint density at radius 2 is 1.96 bits per heavy atom. The number of aromatic nitrogens is 1. The number of rotatable bonds is 5. The van der Waals surface area contributed by atoms with E-state index >= 15 is 0 Å². The zero-order valence-electron chi connectivity index (χ0n) is 12.6. The van der Waals surface area contributed by atoms with Crippen LogP contribution >= 0.6 is 22.6 Å². The molecule has 1 amide bonds. The van der Waals surface area contributed by atoms with Crippen LogP contribution in [0.2, 0.25) is 0 Å². The SMILES string of the molecule is O=C(NCCc1coc(-c2ccccc2)n1)c1c(F)cccc1I. The van der Waals surface area contributed by atoms with Gasteiger partial charge in [0, 0.05) is 22.1 Å². The van der Waals surface area contributed by atoms with Crippen LogP contribution in [-0.4, -0.2) is 17.4 Å². The normalized spacial score (nSPS) is 10.6. The molecule has 3 rings (SSSR count). The van der Waals surface area contributed by atoms with Crippen molar-refractivity contribution >= 4 is 28.5 Å². The minimum absolute atomic E-state index is 0.0724. The highest BCUT2D eigenvalue weighted by Gasteiger charge is 2.15. The molecular weight excluding hydrogens is 422 g/mol. The third kappa shape index (κ3) is 3.81. The largest absolute Gasteiger partial charge is 0.444 e. The lowest BCUT2D eigenvalue weighted by atomic mass is 10.2. The van der Waals surface area contributed by atoms with Gasteiger partial charge in [-0.15, -0.1) is 0 Å². The van der Waals surface area contributed by atoms with Crippen LogP contribution in [0, 0.1) is 9.39 Å². The first kappa shape index (κ1) is 16.6. The quantitative estimate of drug-likeness (QED) is 0.614. The first-order chi connectivity index (χ1) is 11.6. The zero-order chi connectivity index (χ0) is 16.9. The molecule has 122 valence electrons. The Morgan fingerprint density at radius 3 is 2.71 bits per heavy atom. The molecule has 1 heterocycles. The van der Waals surface area contributed by atoms with Crippen LogP contribution in [-0.2, 0) is 6.42 Å². The van der Waals surface area contributed by atoms with Crippen molar-refractivity contribution in [3.63, 3.8) is 0 Å². The van der Waals surface area contributed by atoms with Gasteiger partial charge < -0.3 is 9.73 Å². The second kappa shape index (κ2) is 7.57. The highest BCUT2D eigenvalue weighted by molar-refractivity contribution is 14.1. The number of amides is 1. The number of carbonyl (C=O) groups excluding carboxylic acids is 1. The Balaban J connectivity index is 1.59. The average molecular weight is 436 g/mol. The number of nitrogens with zero attached hydrogens (tertiary/aromatic N) is 1. The molecule has 24 heavy (non-hydrogen) atoms. The van der Waals surface area contributed by atoms with Gasteiger partial charge in [0.15, 0.2) is 0 Å². The minimum atomic E-state index is -0.521. The summed E-state index contributed by atoms with van der Waals surface area (Å²) in [5, 5.41) is 2.71. The average Bonchev–Trinajstić information content (AvgIpc) is 3.04. The molecule has 0 saturated heterocycles. The number of hydrogen-bond acceptors (Lipinski definition) is 3. The summed E-state index contributed by atoms with van der Waals surface area (Å²) in [5.74, 6) is -0.406. The summed E-state index contributed by atoms with van der Waals surface area (Å²) in [6.07, 6.45) is 2.08. The van der Waals surface area contributed by atoms with E-state index in [1.807, 2.05) is 52.9 Å². The lowest BCUT2D eigenvalue weighted by Gasteiger charge is -2.06. The Bertz CT molecular complexity index is 829. The number of oxazole rings is 1. The molecule has 3 aromatic rings. The van der Waals surface area contributed by atoms with Crippen LogP contribution in [0.1, 0.15) is 16.1 Å². The van der Waals surface area contributed by atoms with Gasteiger partial charge in [-0.3, -0.25) is 4.79 Å². The Hall–Kier alpha value is -2.22. The van der Waals surface area contributed by atoms with Crippen LogP contribution in [0.4, 0.5) is 4.39 Å². The standard InChI is InChI=1S/C18H14FIN2O2/c19-14-7-4-8-15(20)16(14)17(23)21-10-9-13-11-24-18(22-13)12-5-2-1-3-6-12/h1-8,11H,9-10H2,(H,21,23). The van der Waals surface area contributed by atoms with Gasteiger partial charge in [0.1, 0.15) is 12.1 Å². The summed E-state index contributed by atoms with van der Waals surface area (Å²) in [6, 6.07) is 14.1. The molecule has 0 aliphatic rings. The maximum Gasteiger partial charge on any atom is 0.255 e. The summed E-state index contributed by atoms with van der Waals surface area (Å²) in [6.45, 7) is 0.351. The molecule has 0 radical (unpaired) electrons. The molecule has 4 nitrogen and oxygen atoms in total. The predicted octanol–water partition coefficient (Wildman–Crippen LogP) is 4.06. The van der Waals surface area contributed by atoms with Crippen molar-refractivity contribution in [3.8, 4) is 11.5 Å². The minimum Gasteiger partial charge on any atom is -0.444 e. The molecule has 1 aromatic heterocycles. The summed E-state index contributed by atoms with van der Waals surface area (Å²) >= 11 is 1.95. The van der Waals surface area contributed by atoms with Gasteiger partial charge in [0.2, 0.25) is 5.89 Å². The van der Waals surface area contributed by atoms with E-state index in [4.69, 9.17) is 4.42 Å². The van der Waals surface area contributed by atoms with E-state index < -0.39 is 11.7 Å². The Labute approximate surface area is 152 Å². The van der Waals surface area contributed by atoms with Crippen LogP contribution in [0.5, 0.6) is 0 Å².